The number of amides is 1. The number of likely N-dealkylation sites (tertiary alicyclic amines) is 1. The summed E-state index contributed by atoms with van der Waals surface area (Å²) in [4.78, 5) is 13.1. The highest BCUT2D eigenvalue weighted by Gasteiger charge is 2.30. The maximum absolute atomic E-state index is 13.8. The van der Waals surface area contributed by atoms with Crippen LogP contribution >= 0.6 is 11.6 Å². The minimum atomic E-state index is -1.16. The minimum Gasteiger partial charge on any atom is -0.470 e. The van der Waals surface area contributed by atoms with Crippen molar-refractivity contribution < 1.29 is 13.9 Å². The number of nitrogens with two attached hydrogens (primary N) is 1. The van der Waals surface area contributed by atoms with Gasteiger partial charge in [0.05, 0.1) is 0 Å². The van der Waals surface area contributed by atoms with Crippen LogP contribution in [0.3, 0.4) is 0 Å². The van der Waals surface area contributed by atoms with Gasteiger partial charge in [0.25, 0.3) is 5.91 Å². The number of nitrogens with zero attached hydrogens (tertiary/aromatic N) is 3. The Kier molecular flexibility index (Phi) is 4.16. The molecule has 0 radical (unpaired) electrons. The third kappa shape index (κ3) is 3.30. The molecule has 1 aliphatic heterocycles. The molecule has 0 unspecified atom stereocenters. The summed E-state index contributed by atoms with van der Waals surface area (Å²) >= 11 is 5.63. The monoisotopic (exact) mass is 288 g/mol. The van der Waals surface area contributed by atoms with Gasteiger partial charge >= 0.3 is 0 Å². The predicted molar refractivity (Wildman–Crippen MR) is 67.0 cm³/mol. The molecular weight excluding hydrogens is 275 g/mol. The Balaban J connectivity index is 2.17. The Bertz CT molecular complexity index is 488. The lowest BCUT2D eigenvalue weighted by Gasteiger charge is -2.32. The van der Waals surface area contributed by atoms with Crippen LogP contribution in [0.15, 0.2) is 6.07 Å². The number of alkyl halides is 1. The summed E-state index contributed by atoms with van der Waals surface area (Å²) in [5.41, 5.74) is 5.20. The normalized spacial score (nSPS) is 24.2. The molecule has 0 aromatic carbocycles. The van der Waals surface area contributed by atoms with Crippen LogP contribution in [0.4, 0.5) is 4.39 Å². The molecule has 0 saturated carbocycles. The molecule has 1 amide bonds. The molecule has 8 heteroatoms. The van der Waals surface area contributed by atoms with Gasteiger partial charge in [-0.2, -0.15) is 0 Å². The first-order valence-corrected chi connectivity index (χ1v) is 6.17. The topological polar surface area (TPSA) is 81.3 Å². The van der Waals surface area contributed by atoms with E-state index in [-0.39, 0.29) is 23.1 Å². The van der Waals surface area contributed by atoms with Gasteiger partial charge in [0.15, 0.2) is 5.15 Å². The lowest BCUT2D eigenvalue weighted by molar-refractivity contribution is 0.0274. The molecule has 104 valence electrons. The molecule has 2 atom stereocenters. The number of carbonyl (C=O) groups is 1. The third-order valence-electron chi connectivity index (χ3n) is 2.94. The van der Waals surface area contributed by atoms with E-state index in [1.165, 1.54) is 6.07 Å². The summed E-state index contributed by atoms with van der Waals surface area (Å²) in [7, 11) is 1.83. The van der Waals surface area contributed by atoms with Crippen molar-refractivity contribution in [1.82, 2.24) is 15.1 Å². The zero-order chi connectivity index (χ0) is 14.0. The first kappa shape index (κ1) is 14.0. The summed E-state index contributed by atoms with van der Waals surface area (Å²) in [6.45, 7) is 0.982. The Labute approximate surface area is 114 Å². The Morgan fingerprint density at radius 1 is 1.63 bits per heavy atom. The summed E-state index contributed by atoms with van der Waals surface area (Å²) in [5, 5.41) is 7.27. The van der Waals surface area contributed by atoms with Crippen LogP contribution in [-0.2, 0) is 0 Å². The Morgan fingerprint density at radius 2 is 2.37 bits per heavy atom. The number of rotatable bonds is 3. The molecule has 1 saturated heterocycles. The van der Waals surface area contributed by atoms with Gasteiger partial charge in [-0.05, 0) is 19.5 Å². The maximum atomic E-state index is 13.8. The van der Waals surface area contributed by atoms with E-state index in [9.17, 15) is 9.18 Å². The smallest absolute Gasteiger partial charge is 0.254 e. The fourth-order valence-electron chi connectivity index (χ4n) is 1.93. The maximum Gasteiger partial charge on any atom is 0.254 e. The van der Waals surface area contributed by atoms with Crippen molar-refractivity contribution in [2.75, 3.05) is 20.1 Å². The fraction of sp³-hybridized carbons (Fsp3) is 0.545. The van der Waals surface area contributed by atoms with Gasteiger partial charge in [0, 0.05) is 13.1 Å². The van der Waals surface area contributed by atoms with Crippen molar-refractivity contribution in [1.29, 1.82) is 0 Å². The van der Waals surface area contributed by atoms with E-state index in [4.69, 9.17) is 22.1 Å². The molecule has 2 N–H and O–H groups in total. The second-order valence-electron chi connectivity index (χ2n) is 4.47. The van der Waals surface area contributed by atoms with E-state index >= 15 is 0 Å². The lowest BCUT2D eigenvalue weighted by atomic mass is 10.1. The van der Waals surface area contributed by atoms with Crippen molar-refractivity contribution in [3.8, 4) is 5.88 Å². The number of hydrogen-bond donors (Lipinski definition) is 1. The molecule has 0 spiro atoms. The fourth-order valence-corrected chi connectivity index (χ4v) is 2.08. The molecule has 0 aliphatic carbocycles. The molecule has 1 aliphatic rings. The van der Waals surface area contributed by atoms with Gasteiger partial charge in [0.2, 0.25) is 5.88 Å². The molecule has 1 fully saturated rings. The predicted octanol–water partition coefficient (Wildman–Crippen LogP) is 0.650. The Morgan fingerprint density at radius 3 is 3.00 bits per heavy atom. The van der Waals surface area contributed by atoms with Crippen LogP contribution in [0.2, 0.25) is 5.15 Å². The van der Waals surface area contributed by atoms with E-state index in [1.54, 1.807) is 0 Å². The van der Waals surface area contributed by atoms with Crippen molar-refractivity contribution in [2.24, 2.45) is 5.73 Å². The zero-order valence-electron chi connectivity index (χ0n) is 10.3. The number of carbonyl (C=O) groups excluding carboxylic acids is 1. The van der Waals surface area contributed by atoms with Crippen LogP contribution in [0.1, 0.15) is 16.8 Å². The van der Waals surface area contributed by atoms with E-state index in [1.807, 2.05) is 11.9 Å². The van der Waals surface area contributed by atoms with Gasteiger partial charge < -0.3 is 15.4 Å². The zero-order valence-corrected chi connectivity index (χ0v) is 11.1. The van der Waals surface area contributed by atoms with Crippen LogP contribution in [-0.4, -0.2) is 53.4 Å². The average molecular weight is 289 g/mol. The second-order valence-corrected chi connectivity index (χ2v) is 4.86. The quantitative estimate of drug-likeness (QED) is 0.883. The molecular formula is C11H14ClFN4O2. The van der Waals surface area contributed by atoms with Gasteiger partial charge in [-0.15, -0.1) is 10.2 Å². The van der Waals surface area contributed by atoms with Crippen molar-refractivity contribution in [3.05, 3.63) is 16.8 Å². The van der Waals surface area contributed by atoms with Gasteiger partial charge in [-0.1, -0.05) is 11.6 Å². The lowest BCUT2D eigenvalue weighted by Crippen LogP contribution is -2.45. The van der Waals surface area contributed by atoms with Crippen molar-refractivity contribution in [3.63, 3.8) is 0 Å². The highest BCUT2D eigenvalue weighted by atomic mass is 35.5. The number of aromatic nitrogens is 2. The summed E-state index contributed by atoms with van der Waals surface area (Å²) in [5.74, 6) is -0.816. The molecule has 1 aromatic rings. The average Bonchev–Trinajstić information content (AvgIpc) is 2.34. The Hall–Kier alpha value is -1.47. The standard InChI is InChI=1S/C11H14ClFN4O2/c1-17-3-2-8(7(13)5-17)19-11-6(10(14)18)4-9(12)15-16-11/h4,7-8H,2-3,5H2,1H3,(H2,14,18)/t7-,8+/m1/s1. The van der Waals surface area contributed by atoms with Crippen LogP contribution in [0, 0.1) is 0 Å². The highest BCUT2D eigenvalue weighted by molar-refractivity contribution is 6.29. The van der Waals surface area contributed by atoms with Crippen molar-refractivity contribution in [2.45, 2.75) is 18.7 Å². The van der Waals surface area contributed by atoms with E-state index in [0.29, 0.717) is 13.0 Å². The van der Waals surface area contributed by atoms with Gasteiger partial charge in [-0.25, -0.2) is 4.39 Å². The van der Waals surface area contributed by atoms with Gasteiger partial charge in [-0.3, -0.25) is 4.79 Å². The largest absolute Gasteiger partial charge is 0.470 e. The second kappa shape index (κ2) is 5.66. The molecule has 6 nitrogen and oxygen atoms in total. The number of halogens is 2. The van der Waals surface area contributed by atoms with Crippen LogP contribution in [0.25, 0.3) is 0 Å². The number of ether oxygens (including phenoxy) is 1. The third-order valence-corrected chi connectivity index (χ3v) is 3.13. The minimum absolute atomic E-state index is 0.00567. The van der Waals surface area contributed by atoms with Crippen molar-refractivity contribution >= 4 is 17.5 Å². The molecule has 1 aromatic heterocycles. The van der Waals surface area contributed by atoms with E-state index in [2.05, 4.69) is 10.2 Å². The molecule has 2 heterocycles. The number of piperidine rings is 1. The molecule has 2 rings (SSSR count). The van der Waals surface area contributed by atoms with E-state index < -0.39 is 18.2 Å². The summed E-state index contributed by atoms with van der Waals surface area (Å²) < 4.78 is 19.3. The first-order valence-electron chi connectivity index (χ1n) is 5.79. The SMILES string of the molecule is CN1CC[C@H](Oc2nnc(Cl)cc2C(N)=O)[C@H](F)C1. The molecule has 19 heavy (non-hydrogen) atoms. The van der Waals surface area contributed by atoms with Gasteiger partial charge in [0.1, 0.15) is 17.8 Å². The highest BCUT2D eigenvalue weighted by Crippen LogP contribution is 2.23. The first-order chi connectivity index (χ1) is 8.97. The number of hydrogen-bond acceptors (Lipinski definition) is 5. The van der Waals surface area contributed by atoms with E-state index in [0.717, 1.165) is 0 Å². The van der Waals surface area contributed by atoms with Crippen LogP contribution < -0.4 is 10.5 Å². The molecule has 0 bridgehead atoms. The summed E-state index contributed by atoms with van der Waals surface area (Å²) in [6, 6.07) is 1.26. The van der Waals surface area contributed by atoms with Crippen LogP contribution in [0.5, 0.6) is 5.88 Å². The summed E-state index contributed by atoms with van der Waals surface area (Å²) in [6.07, 6.45) is -1.32. The number of primary amides is 1.